The van der Waals surface area contributed by atoms with Crippen LogP contribution in [0.3, 0.4) is 0 Å². The van der Waals surface area contributed by atoms with Gasteiger partial charge in [0, 0.05) is 24.7 Å². The third kappa shape index (κ3) is 4.00. The molecule has 1 aliphatic heterocycles. The maximum Gasteiger partial charge on any atom is 0.311 e. The molecule has 1 saturated heterocycles. The lowest BCUT2D eigenvalue weighted by atomic mass is 10.1. The van der Waals surface area contributed by atoms with E-state index in [9.17, 15) is 14.9 Å². The topological polar surface area (TPSA) is 81.9 Å². The summed E-state index contributed by atoms with van der Waals surface area (Å²) in [5.74, 6) is -0.148. The Morgan fingerprint density at radius 3 is 2.54 bits per heavy atom. The molecule has 1 atom stereocenters. The van der Waals surface area contributed by atoms with Crippen LogP contribution in [0.4, 0.5) is 5.69 Å². The lowest BCUT2D eigenvalue weighted by Crippen LogP contribution is -2.44. The number of aryl methyl sites for hydroxylation is 1. The van der Waals surface area contributed by atoms with Crippen LogP contribution in [0.5, 0.6) is 5.75 Å². The molecule has 2 aromatic carbocycles. The van der Waals surface area contributed by atoms with Gasteiger partial charge in [-0.15, -0.1) is 0 Å². The first-order valence-corrected chi connectivity index (χ1v) is 8.39. The van der Waals surface area contributed by atoms with Gasteiger partial charge >= 0.3 is 5.69 Å². The van der Waals surface area contributed by atoms with Gasteiger partial charge in [0.15, 0.2) is 5.75 Å². The number of nitrogens with zero attached hydrogens (tertiary/aromatic N) is 2. The predicted octanol–water partition coefficient (Wildman–Crippen LogP) is 2.88. The second-order valence-electron chi connectivity index (χ2n) is 6.07. The Morgan fingerprint density at radius 1 is 1.19 bits per heavy atom. The fourth-order valence-corrected chi connectivity index (χ4v) is 2.84. The highest BCUT2D eigenvalue weighted by Crippen LogP contribution is 2.32. The van der Waals surface area contributed by atoms with E-state index < -0.39 is 11.0 Å². The summed E-state index contributed by atoms with van der Waals surface area (Å²) in [4.78, 5) is 25.6. The molecule has 0 N–H and O–H groups in total. The highest BCUT2D eigenvalue weighted by Gasteiger charge is 2.31. The van der Waals surface area contributed by atoms with Crippen molar-refractivity contribution in [3.63, 3.8) is 0 Å². The highest BCUT2D eigenvalue weighted by atomic mass is 16.6. The SMILES string of the molecule is Cc1ccc(OC(C(=O)N2CCOCC2)c2ccccc2)c([N+](=O)[O-])c1. The van der Waals surface area contributed by atoms with Gasteiger partial charge in [-0.25, -0.2) is 0 Å². The van der Waals surface area contributed by atoms with Crippen LogP contribution in [0, 0.1) is 17.0 Å². The zero-order valence-corrected chi connectivity index (χ0v) is 14.5. The van der Waals surface area contributed by atoms with Gasteiger partial charge in [0.25, 0.3) is 5.91 Å². The van der Waals surface area contributed by atoms with Crippen LogP contribution in [0.2, 0.25) is 0 Å². The summed E-state index contributed by atoms with van der Waals surface area (Å²) < 4.78 is 11.2. The molecule has 1 heterocycles. The number of hydrogen-bond acceptors (Lipinski definition) is 5. The average Bonchev–Trinajstić information content (AvgIpc) is 2.67. The van der Waals surface area contributed by atoms with Crippen molar-refractivity contribution in [2.45, 2.75) is 13.0 Å². The Bertz CT molecular complexity index is 788. The molecule has 7 heteroatoms. The molecule has 0 aromatic heterocycles. The van der Waals surface area contributed by atoms with E-state index in [-0.39, 0.29) is 17.3 Å². The second-order valence-corrected chi connectivity index (χ2v) is 6.07. The lowest BCUT2D eigenvalue weighted by Gasteiger charge is -2.30. The Hall–Kier alpha value is -2.93. The standard InChI is InChI=1S/C19H20N2O5/c1-14-7-8-17(16(13-14)21(23)24)26-18(15-5-3-2-4-6-15)19(22)20-9-11-25-12-10-20/h2-8,13,18H,9-12H2,1H3. The molecule has 7 nitrogen and oxygen atoms in total. The number of nitro benzene ring substituents is 1. The number of carbonyl (C=O) groups excluding carboxylic acids is 1. The maximum absolute atomic E-state index is 13.0. The summed E-state index contributed by atoms with van der Waals surface area (Å²) in [6.07, 6.45) is -0.948. The molecule has 1 fully saturated rings. The molecule has 1 aliphatic rings. The summed E-state index contributed by atoms with van der Waals surface area (Å²) in [6, 6.07) is 13.7. The van der Waals surface area contributed by atoms with Crippen LogP contribution in [0.1, 0.15) is 17.2 Å². The zero-order valence-electron chi connectivity index (χ0n) is 14.5. The number of ether oxygens (including phenoxy) is 2. The molecule has 136 valence electrons. The van der Waals surface area contributed by atoms with Gasteiger partial charge in [0.05, 0.1) is 18.1 Å². The minimum absolute atomic E-state index is 0.0797. The Balaban J connectivity index is 1.94. The van der Waals surface area contributed by atoms with Gasteiger partial charge in [-0.1, -0.05) is 36.4 Å². The maximum atomic E-state index is 13.0. The summed E-state index contributed by atoms with van der Waals surface area (Å²) in [5.41, 5.74) is 1.25. The fraction of sp³-hybridized carbons (Fsp3) is 0.316. The van der Waals surface area contributed by atoms with E-state index in [1.807, 2.05) is 18.2 Å². The van der Waals surface area contributed by atoms with E-state index in [1.54, 1.807) is 30.0 Å². The van der Waals surface area contributed by atoms with Gasteiger partial charge in [0.1, 0.15) is 0 Å². The van der Waals surface area contributed by atoms with Crippen molar-refractivity contribution >= 4 is 11.6 Å². The Labute approximate surface area is 151 Å². The first kappa shape index (κ1) is 17.9. The summed E-state index contributed by atoms with van der Waals surface area (Å²) >= 11 is 0. The van der Waals surface area contributed by atoms with Gasteiger partial charge in [-0.2, -0.15) is 0 Å². The largest absolute Gasteiger partial charge is 0.469 e. The molecule has 1 unspecified atom stereocenters. The van der Waals surface area contributed by atoms with Crippen molar-refractivity contribution in [1.29, 1.82) is 0 Å². The molecule has 0 saturated carbocycles. The molecule has 0 aliphatic carbocycles. The van der Waals surface area contributed by atoms with Crippen molar-refractivity contribution in [2.24, 2.45) is 0 Å². The monoisotopic (exact) mass is 356 g/mol. The van der Waals surface area contributed by atoms with Gasteiger partial charge in [-0.05, 0) is 18.6 Å². The molecule has 0 bridgehead atoms. The minimum atomic E-state index is -0.948. The van der Waals surface area contributed by atoms with Crippen molar-refractivity contribution in [3.8, 4) is 5.75 Å². The summed E-state index contributed by atoms with van der Waals surface area (Å²) in [5, 5.41) is 11.4. The number of carbonyl (C=O) groups is 1. The second kappa shape index (κ2) is 7.97. The first-order chi connectivity index (χ1) is 12.6. The summed E-state index contributed by atoms with van der Waals surface area (Å²) in [6.45, 7) is 3.66. The third-order valence-electron chi connectivity index (χ3n) is 4.21. The number of morpholine rings is 1. The van der Waals surface area contributed by atoms with E-state index in [1.165, 1.54) is 12.1 Å². The molecule has 0 radical (unpaired) electrons. The predicted molar refractivity (Wildman–Crippen MR) is 95.0 cm³/mol. The highest BCUT2D eigenvalue weighted by molar-refractivity contribution is 5.83. The van der Waals surface area contributed by atoms with Crippen molar-refractivity contribution in [1.82, 2.24) is 4.90 Å². The van der Waals surface area contributed by atoms with Crippen LogP contribution in [-0.4, -0.2) is 42.0 Å². The van der Waals surface area contributed by atoms with Crippen molar-refractivity contribution < 1.29 is 19.2 Å². The van der Waals surface area contributed by atoms with Crippen LogP contribution in [0.25, 0.3) is 0 Å². The Morgan fingerprint density at radius 2 is 1.88 bits per heavy atom. The first-order valence-electron chi connectivity index (χ1n) is 8.39. The van der Waals surface area contributed by atoms with E-state index >= 15 is 0 Å². The number of amides is 1. The number of rotatable bonds is 5. The van der Waals surface area contributed by atoms with E-state index in [0.29, 0.717) is 31.9 Å². The molecule has 2 aromatic rings. The normalized spacial score (nSPS) is 15.3. The average molecular weight is 356 g/mol. The van der Waals surface area contributed by atoms with Crippen LogP contribution >= 0.6 is 0 Å². The van der Waals surface area contributed by atoms with Gasteiger partial charge in [-0.3, -0.25) is 14.9 Å². The number of benzene rings is 2. The van der Waals surface area contributed by atoms with Crippen LogP contribution < -0.4 is 4.74 Å². The number of hydrogen-bond donors (Lipinski definition) is 0. The van der Waals surface area contributed by atoms with Crippen LogP contribution in [-0.2, 0) is 9.53 Å². The zero-order chi connectivity index (χ0) is 18.5. The molecular formula is C19H20N2O5. The minimum Gasteiger partial charge on any atom is -0.469 e. The quantitative estimate of drug-likeness (QED) is 0.608. The third-order valence-corrected chi connectivity index (χ3v) is 4.21. The fourth-order valence-electron chi connectivity index (χ4n) is 2.84. The van der Waals surface area contributed by atoms with E-state index in [4.69, 9.17) is 9.47 Å². The van der Waals surface area contributed by atoms with Crippen molar-refractivity contribution in [2.75, 3.05) is 26.3 Å². The summed E-state index contributed by atoms with van der Waals surface area (Å²) in [7, 11) is 0. The smallest absolute Gasteiger partial charge is 0.311 e. The van der Waals surface area contributed by atoms with Crippen molar-refractivity contribution in [3.05, 3.63) is 69.8 Å². The molecule has 1 amide bonds. The molecular weight excluding hydrogens is 336 g/mol. The lowest BCUT2D eigenvalue weighted by molar-refractivity contribution is -0.386. The van der Waals surface area contributed by atoms with Crippen LogP contribution in [0.15, 0.2) is 48.5 Å². The number of nitro groups is 1. The Kier molecular flexibility index (Phi) is 5.48. The molecule has 0 spiro atoms. The van der Waals surface area contributed by atoms with E-state index in [2.05, 4.69) is 0 Å². The molecule has 26 heavy (non-hydrogen) atoms. The van der Waals surface area contributed by atoms with Gasteiger partial charge < -0.3 is 14.4 Å². The molecule has 3 rings (SSSR count). The van der Waals surface area contributed by atoms with Gasteiger partial charge in [0.2, 0.25) is 6.10 Å². The van der Waals surface area contributed by atoms with E-state index in [0.717, 1.165) is 5.56 Å².